The highest BCUT2D eigenvalue weighted by Gasteiger charge is 2.41. The normalized spacial score (nSPS) is 16.0. The minimum atomic E-state index is -4.74. The zero-order valence-electron chi connectivity index (χ0n) is 19.5. The second-order valence-corrected chi connectivity index (χ2v) is 9.19. The topological polar surface area (TPSA) is 41.1 Å². The number of halogens is 4. The molecule has 0 spiro atoms. The van der Waals surface area contributed by atoms with Gasteiger partial charge in [0, 0.05) is 12.5 Å². The summed E-state index contributed by atoms with van der Waals surface area (Å²) in [5.74, 6) is -1.01. The van der Waals surface area contributed by atoms with Crippen LogP contribution in [0.4, 0.5) is 22.4 Å². The smallest absolute Gasteiger partial charge is 0.335 e. The molecule has 3 aromatic rings. The molecule has 3 nitrogen and oxygen atoms in total. The minimum Gasteiger partial charge on any atom is -0.335 e. The molecule has 1 aliphatic rings. The van der Waals surface area contributed by atoms with Gasteiger partial charge in [0.05, 0.1) is 11.1 Å². The van der Waals surface area contributed by atoms with Crippen molar-refractivity contribution in [2.45, 2.75) is 56.8 Å². The molecule has 0 radical (unpaired) electrons. The number of amides is 2. The first kappa shape index (κ1) is 24.8. The molecule has 1 unspecified atom stereocenters. The van der Waals surface area contributed by atoms with Gasteiger partial charge in [-0.2, -0.15) is 13.2 Å². The van der Waals surface area contributed by atoms with E-state index in [0.717, 1.165) is 48.9 Å². The van der Waals surface area contributed by atoms with Crippen LogP contribution in [0, 0.1) is 12.7 Å². The second-order valence-electron chi connectivity index (χ2n) is 9.19. The fourth-order valence-electron chi connectivity index (χ4n) is 4.98. The maximum Gasteiger partial charge on any atom is 0.416 e. The molecule has 1 aliphatic carbocycles. The van der Waals surface area contributed by atoms with Crippen molar-refractivity contribution in [2.75, 3.05) is 0 Å². The average Bonchev–Trinajstić information content (AvgIpc) is 3.31. The van der Waals surface area contributed by atoms with Crippen LogP contribution in [0.15, 0.2) is 72.8 Å². The fourth-order valence-corrected chi connectivity index (χ4v) is 4.98. The Morgan fingerprint density at radius 1 is 0.914 bits per heavy atom. The number of alkyl halides is 3. The monoisotopic (exact) mass is 484 g/mol. The summed E-state index contributed by atoms with van der Waals surface area (Å²) in [6, 6.07) is 18.4. The van der Waals surface area contributed by atoms with Gasteiger partial charge in [0.15, 0.2) is 0 Å². The Labute approximate surface area is 202 Å². The van der Waals surface area contributed by atoms with Crippen LogP contribution in [0.3, 0.4) is 0 Å². The summed E-state index contributed by atoms with van der Waals surface area (Å²) in [6.45, 7) is 1.83. The molecule has 1 saturated carbocycles. The lowest BCUT2D eigenvalue weighted by Crippen LogP contribution is -2.54. The lowest BCUT2D eigenvalue weighted by Gasteiger charge is -2.38. The van der Waals surface area contributed by atoms with E-state index in [1.54, 1.807) is 12.1 Å². The van der Waals surface area contributed by atoms with Gasteiger partial charge in [-0.3, -0.25) is 0 Å². The SMILES string of the molecule is Cc1ccccc1C(Cc1ccccc1)(NC(=O)NC1CCCC1)c1cc(F)cc(C(F)(F)F)c1. The molecule has 0 aliphatic heterocycles. The van der Waals surface area contributed by atoms with E-state index in [9.17, 15) is 22.4 Å². The number of hydrogen-bond acceptors (Lipinski definition) is 1. The fraction of sp³-hybridized carbons (Fsp3) is 0.321. The maximum atomic E-state index is 14.7. The first-order valence-electron chi connectivity index (χ1n) is 11.7. The predicted octanol–water partition coefficient (Wildman–Crippen LogP) is 6.88. The van der Waals surface area contributed by atoms with E-state index < -0.39 is 29.1 Å². The van der Waals surface area contributed by atoms with E-state index in [-0.39, 0.29) is 18.0 Å². The van der Waals surface area contributed by atoms with E-state index in [2.05, 4.69) is 10.6 Å². The first-order chi connectivity index (χ1) is 16.7. The van der Waals surface area contributed by atoms with Crippen molar-refractivity contribution in [3.63, 3.8) is 0 Å². The maximum absolute atomic E-state index is 14.7. The van der Waals surface area contributed by atoms with Crippen molar-refractivity contribution in [1.29, 1.82) is 0 Å². The Kier molecular flexibility index (Phi) is 7.15. The molecule has 0 heterocycles. The third kappa shape index (κ3) is 5.66. The number of nitrogens with one attached hydrogen (secondary N) is 2. The molecule has 4 rings (SSSR count). The summed E-state index contributed by atoms with van der Waals surface area (Å²) in [7, 11) is 0. The molecule has 0 aromatic heterocycles. The van der Waals surface area contributed by atoms with Crippen LogP contribution >= 0.6 is 0 Å². The molecule has 0 saturated heterocycles. The predicted molar refractivity (Wildman–Crippen MR) is 127 cm³/mol. The lowest BCUT2D eigenvalue weighted by molar-refractivity contribution is -0.137. The van der Waals surface area contributed by atoms with Gasteiger partial charge in [0.2, 0.25) is 0 Å². The van der Waals surface area contributed by atoms with Gasteiger partial charge in [0.25, 0.3) is 0 Å². The van der Waals surface area contributed by atoms with Crippen molar-refractivity contribution in [1.82, 2.24) is 10.6 Å². The molecule has 3 aromatic carbocycles. The Balaban J connectivity index is 1.91. The quantitative estimate of drug-likeness (QED) is 0.368. The highest BCUT2D eigenvalue weighted by atomic mass is 19.4. The Morgan fingerprint density at radius 3 is 2.20 bits per heavy atom. The van der Waals surface area contributed by atoms with E-state index >= 15 is 0 Å². The first-order valence-corrected chi connectivity index (χ1v) is 11.7. The van der Waals surface area contributed by atoms with Crippen LogP contribution in [0.1, 0.15) is 53.5 Å². The van der Waals surface area contributed by atoms with Crippen molar-refractivity contribution >= 4 is 6.03 Å². The summed E-state index contributed by atoms with van der Waals surface area (Å²) >= 11 is 0. The Bertz CT molecular complexity index is 1170. The molecule has 1 fully saturated rings. The molecule has 7 heteroatoms. The van der Waals surface area contributed by atoms with Gasteiger partial charge in [-0.15, -0.1) is 0 Å². The minimum absolute atomic E-state index is 0.000425. The van der Waals surface area contributed by atoms with E-state index in [1.165, 1.54) is 0 Å². The standard InChI is InChI=1S/C28H28F4N2O/c1-19-9-5-8-14-25(19)27(18-20-10-3-2-4-11-20,34-26(35)33-24-12-6-7-13-24)21-15-22(28(30,31)32)17-23(29)16-21/h2-5,8-11,14-17,24H,6-7,12-13,18H2,1H3,(H2,33,34,35). The third-order valence-electron chi connectivity index (χ3n) is 6.65. The molecule has 184 valence electrons. The van der Waals surface area contributed by atoms with Crippen molar-refractivity contribution in [3.05, 3.63) is 106 Å². The van der Waals surface area contributed by atoms with Gasteiger partial charge >= 0.3 is 12.2 Å². The average molecular weight is 485 g/mol. The van der Waals surface area contributed by atoms with Crippen molar-refractivity contribution in [2.24, 2.45) is 0 Å². The second kappa shape index (κ2) is 10.1. The van der Waals surface area contributed by atoms with Gasteiger partial charge in [-0.05, 0) is 60.2 Å². The largest absolute Gasteiger partial charge is 0.416 e. The molecule has 0 bridgehead atoms. The number of hydrogen-bond donors (Lipinski definition) is 2. The summed E-state index contributed by atoms with van der Waals surface area (Å²) in [4.78, 5) is 13.3. The molecular weight excluding hydrogens is 456 g/mol. The molecular formula is C28H28F4N2O. The molecule has 1 atom stereocenters. The van der Waals surface area contributed by atoms with E-state index in [0.29, 0.717) is 11.6 Å². The highest BCUT2D eigenvalue weighted by molar-refractivity contribution is 5.76. The highest BCUT2D eigenvalue weighted by Crippen LogP contribution is 2.39. The third-order valence-corrected chi connectivity index (χ3v) is 6.65. The summed E-state index contributed by atoms with van der Waals surface area (Å²) in [6.07, 6.45) is -0.887. The van der Waals surface area contributed by atoms with Gasteiger partial charge in [0.1, 0.15) is 5.82 Å². The number of rotatable bonds is 6. The number of benzene rings is 3. The number of urea groups is 1. The lowest BCUT2D eigenvalue weighted by atomic mass is 9.75. The summed E-state index contributed by atoms with van der Waals surface area (Å²) < 4.78 is 55.8. The van der Waals surface area contributed by atoms with Crippen molar-refractivity contribution < 1.29 is 22.4 Å². The summed E-state index contributed by atoms with van der Waals surface area (Å²) in [5, 5.41) is 5.97. The number of carbonyl (C=O) groups is 1. The van der Waals surface area contributed by atoms with E-state index in [4.69, 9.17) is 0 Å². The Morgan fingerprint density at radius 2 is 1.54 bits per heavy atom. The van der Waals surface area contributed by atoms with Crippen LogP contribution in [0.2, 0.25) is 0 Å². The van der Waals surface area contributed by atoms with Crippen LogP contribution in [-0.2, 0) is 18.1 Å². The number of aryl methyl sites for hydroxylation is 1. The number of carbonyl (C=O) groups excluding carboxylic acids is 1. The van der Waals surface area contributed by atoms with Crippen molar-refractivity contribution in [3.8, 4) is 0 Å². The summed E-state index contributed by atoms with van der Waals surface area (Å²) in [5.41, 5.74) is -0.361. The van der Waals surface area contributed by atoms with Gasteiger partial charge in [-0.1, -0.05) is 67.4 Å². The van der Waals surface area contributed by atoms with Gasteiger partial charge < -0.3 is 10.6 Å². The van der Waals surface area contributed by atoms with Gasteiger partial charge in [-0.25, -0.2) is 9.18 Å². The molecule has 2 amide bonds. The Hall–Kier alpha value is -3.35. The zero-order chi connectivity index (χ0) is 25.1. The van der Waals surface area contributed by atoms with E-state index in [1.807, 2.05) is 49.4 Å². The van der Waals surface area contributed by atoms with Crippen LogP contribution in [-0.4, -0.2) is 12.1 Å². The van der Waals surface area contributed by atoms with Crippen LogP contribution in [0.25, 0.3) is 0 Å². The van der Waals surface area contributed by atoms with Crippen LogP contribution < -0.4 is 10.6 Å². The van der Waals surface area contributed by atoms with Crippen LogP contribution in [0.5, 0.6) is 0 Å². The molecule has 2 N–H and O–H groups in total. The zero-order valence-corrected chi connectivity index (χ0v) is 19.5. The molecule has 35 heavy (non-hydrogen) atoms.